The van der Waals surface area contributed by atoms with Crippen LogP contribution in [0.25, 0.3) is 11.0 Å². The number of fused-ring (bicyclic) bond motifs is 2. The van der Waals surface area contributed by atoms with Crippen LogP contribution in [0.15, 0.2) is 64.1 Å². The van der Waals surface area contributed by atoms with Crippen molar-refractivity contribution in [2.75, 3.05) is 30.9 Å². The average molecular weight is 515 g/mol. The number of ether oxygens (including phenoxy) is 1. The number of carbonyl (C=O) groups is 2. The van der Waals surface area contributed by atoms with Gasteiger partial charge in [-0.25, -0.2) is 9.98 Å². The van der Waals surface area contributed by atoms with Crippen LogP contribution in [0.3, 0.4) is 0 Å². The summed E-state index contributed by atoms with van der Waals surface area (Å²) in [5.41, 5.74) is 6.16. The highest BCUT2D eigenvalue weighted by Gasteiger charge is 2.37. The quantitative estimate of drug-likeness (QED) is 0.382. The minimum atomic E-state index is -0.356. The fourth-order valence-electron chi connectivity index (χ4n) is 4.64. The van der Waals surface area contributed by atoms with E-state index in [1.807, 2.05) is 39.0 Å². The second-order valence-electron chi connectivity index (χ2n) is 9.48. The largest absolute Gasteiger partial charge is 0.383 e. The zero-order valence-electron chi connectivity index (χ0n) is 21.7. The van der Waals surface area contributed by atoms with Gasteiger partial charge in [-0.3, -0.25) is 14.6 Å². The second kappa shape index (κ2) is 10.5. The number of anilines is 2. The molecule has 1 unspecified atom stereocenters. The minimum Gasteiger partial charge on any atom is -0.383 e. The van der Waals surface area contributed by atoms with Crippen LogP contribution in [0, 0.1) is 12.8 Å². The summed E-state index contributed by atoms with van der Waals surface area (Å²) >= 11 is 0. The molecule has 2 aliphatic rings. The lowest BCUT2D eigenvalue weighted by atomic mass is 10.0. The maximum absolute atomic E-state index is 12.9. The van der Waals surface area contributed by atoms with Gasteiger partial charge in [-0.2, -0.15) is 5.10 Å². The lowest BCUT2D eigenvalue weighted by Crippen LogP contribution is -2.41. The second-order valence-corrected chi connectivity index (χ2v) is 9.48. The Balaban J connectivity index is 1.33. The Morgan fingerprint density at radius 1 is 1.21 bits per heavy atom. The number of nitrogens with zero attached hydrogens (tertiary/aromatic N) is 4. The van der Waals surface area contributed by atoms with E-state index in [1.165, 1.54) is 6.34 Å². The molecule has 0 radical (unpaired) electrons. The molecule has 3 aromatic rings. The van der Waals surface area contributed by atoms with Crippen molar-refractivity contribution in [3.8, 4) is 0 Å². The van der Waals surface area contributed by atoms with Gasteiger partial charge < -0.3 is 25.7 Å². The Labute approximate surface area is 220 Å². The number of hydrogen-bond acceptors (Lipinski definition) is 8. The molecule has 0 saturated carbocycles. The number of benzene rings is 2. The summed E-state index contributed by atoms with van der Waals surface area (Å²) in [5.74, 6) is -0.0623. The summed E-state index contributed by atoms with van der Waals surface area (Å²) in [6.07, 6.45) is 3.07. The predicted molar refractivity (Wildman–Crippen MR) is 147 cm³/mol. The lowest BCUT2D eigenvalue weighted by Gasteiger charge is -2.23. The third-order valence-corrected chi connectivity index (χ3v) is 6.66. The summed E-state index contributed by atoms with van der Waals surface area (Å²) in [6.45, 7) is 6.67. The molecular weight excluding hydrogens is 484 g/mol. The number of aromatic amines is 1. The van der Waals surface area contributed by atoms with Gasteiger partial charge >= 0.3 is 0 Å². The molecule has 11 nitrogen and oxygen atoms in total. The van der Waals surface area contributed by atoms with Crippen molar-refractivity contribution in [3.05, 3.63) is 65.1 Å². The van der Waals surface area contributed by atoms with Crippen LogP contribution in [0.4, 0.5) is 11.4 Å². The Morgan fingerprint density at radius 3 is 2.87 bits per heavy atom. The molecule has 11 heteroatoms. The molecule has 38 heavy (non-hydrogen) atoms. The Kier molecular flexibility index (Phi) is 6.93. The van der Waals surface area contributed by atoms with Gasteiger partial charge in [-0.15, -0.1) is 0 Å². The van der Waals surface area contributed by atoms with E-state index in [2.05, 4.69) is 36.0 Å². The molecule has 2 amide bonds. The van der Waals surface area contributed by atoms with Crippen molar-refractivity contribution in [1.29, 1.82) is 0 Å². The molecule has 5 rings (SSSR count). The van der Waals surface area contributed by atoms with Crippen LogP contribution in [0.2, 0.25) is 0 Å². The number of nitrogens with one attached hydrogen (secondary N) is 4. The number of hydrazone groups is 1. The van der Waals surface area contributed by atoms with Crippen molar-refractivity contribution in [2.45, 2.75) is 26.8 Å². The number of rotatable bonds is 7. The van der Waals surface area contributed by atoms with Crippen LogP contribution in [0.5, 0.6) is 0 Å². The number of amidine groups is 1. The monoisotopic (exact) mass is 514 g/mol. The number of methoxy groups -OCH3 is 1. The van der Waals surface area contributed by atoms with E-state index >= 15 is 0 Å². The molecule has 2 aliphatic heterocycles. The first-order chi connectivity index (χ1) is 18.3. The fourth-order valence-corrected chi connectivity index (χ4v) is 4.64. The van der Waals surface area contributed by atoms with Gasteiger partial charge in [0.2, 0.25) is 5.91 Å². The lowest BCUT2D eigenvalue weighted by molar-refractivity contribution is -0.124. The van der Waals surface area contributed by atoms with Crippen molar-refractivity contribution < 1.29 is 14.3 Å². The van der Waals surface area contributed by atoms with Crippen LogP contribution in [0.1, 0.15) is 29.8 Å². The minimum absolute atomic E-state index is 0.0716. The summed E-state index contributed by atoms with van der Waals surface area (Å²) in [5, 5.41) is 15.5. The summed E-state index contributed by atoms with van der Waals surface area (Å²) in [4.78, 5) is 37.5. The van der Waals surface area contributed by atoms with Gasteiger partial charge in [0, 0.05) is 30.1 Å². The Bertz CT molecular complexity index is 1490. The summed E-state index contributed by atoms with van der Waals surface area (Å²) < 4.78 is 5.14. The average Bonchev–Trinajstić information content (AvgIpc) is 3.50. The SMILES string of the molecule is COC[C@H](C)NC(=O)C1CN2N=CN=C(Nc3cc(NC(=O)c4ccc5nc[nH]c5c4)ccc3C)C2=C1C. The summed E-state index contributed by atoms with van der Waals surface area (Å²) in [7, 11) is 1.61. The number of imidazole rings is 1. The van der Waals surface area contributed by atoms with Crippen LogP contribution < -0.4 is 16.0 Å². The van der Waals surface area contributed by atoms with Crippen LogP contribution in [-0.2, 0) is 9.53 Å². The number of aromatic nitrogens is 2. The first-order valence-corrected chi connectivity index (χ1v) is 12.3. The molecule has 196 valence electrons. The molecule has 3 heterocycles. The van der Waals surface area contributed by atoms with E-state index in [-0.39, 0.29) is 23.8 Å². The first-order valence-electron chi connectivity index (χ1n) is 12.3. The number of aryl methyl sites for hydroxylation is 1. The molecule has 0 fully saturated rings. The van der Waals surface area contributed by atoms with Crippen LogP contribution >= 0.6 is 0 Å². The first kappa shape index (κ1) is 25.2. The maximum atomic E-state index is 12.9. The number of H-pyrrole nitrogens is 1. The molecule has 2 atom stereocenters. The van der Waals surface area contributed by atoms with Crippen molar-refractivity contribution in [3.63, 3.8) is 0 Å². The normalized spacial score (nSPS) is 17.3. The summed E-state index contributed by atoms with van der Waals surface area (Å²) in [6, 6.07) is 10.9. The molecule has 4 N–H and O–H groups in total. The highest BCUT2D eigenvalue weighted by Crippen LogP contribution is 2.32. The van der Waals surface area contributed by atoms with Crippen LogP contribution in [-0.4, -0.2) is 65.3 Å². The van der Waals surface area contributed by atoms with Gasteiger partial charge in [0.25, 0.3) is 5.91 Å². The van der Waals surface area contributed by atoms with Crippen molar-refractivity contribution in [2.24, 2.45) is 16.0 Å². The predicted octanol–water partition coefficient (Wildman–Crippen LogP) is 3.25. The molecule has 0 saturated heterocycles. The maximum Gasteiger partial charge on any atom is 0.255 e. The van der Waals surface area contributed by atoms with E-state index < -0.39 is 0 Å². The van der Waals surface area contributed by atoms with Gasteiger partial charge in [-0.05, 0) is 62.2 Å². The Hall–Kier alpha value is -4.51. The zero-order valence-corrected chi connectivity index (χ0v) is 21.7. The van der Waals surface area contributed by atoms with Gasteiger partial charge in [0.15, 0.2) is 5.84 Å². The van der Waals surface area contributed by atoms with E-state index in [9.17, 15) is 9.59 Å². The highest BCUT2D eigenvalue weighted by atomic mass is 16.5. The van der Waals surface area contributed by atoms with E-state index in [4.69, 9.17) is 4.74 Å². The van der Waals surface area contributed by atoms with Gasteiger partial charge in [0.1, 0.15) is 12.0 Å². The van der Waals surface area contributed by atoms with Crippen molar-refractivity contribution in [1.82, 2.24) is 20.3 Å². The number of hydrogen-bond donors (Lipinski definition) is 4. The molecular formula is C27H30N8O3. The number of carbonyl (C=O) groups excluding carboxylic acids is 2. The molecule has 1 aromatic heterocycles. The van der Waals surface area contributed by atoms with E-state index in [1.54, 1.807) is 36.6 Å². The van der Waals surface area contributed by atoms with E-state index in [0.29, 0.717) is 30.2 Å². The third-order valence-electron chi connectivity index (χ3n) is 6.66. The number of aliphatic imine (C=N–C) groups is 1. The highest BCUT2D eigenvalue weighted by molar-refractivity contribution is 6.13. The smallest absolute Gasteiger partial charge is 0.255 e. The zero-order chi connectivity index (χ0) is 26.8. The molecule has 2 aromatic carbocycles. The topological polar surface area (TPSA) is 136 Å². The standard InChI is InChI=1S/C27H30N8O3/c1-15-5-7-19(33-26(36)18-6-8-21-23(9-18)29-13-28-21)10-22(15)34-25-24-17(3)20(11-35(24)31-14-30-25)27(37)32-16(2)12-38-4/h5-10,13-14,16,20H,11-12H2,1-4H3,(H,28,29)(H,32,37)(H,33,36)(H,30,31,34)/t16-,20?/m0/s1. The van der Waals surface area contributed by atoms with E-state index in [0.717, 1.165) is 33.6 Å². The molecule has 0 bridgehead atoms. The number of amides is 2. The molecule has 0 spiro atoms. The van der Waals surface area contributed by atoms with Crippen molar-refractivity contribution >= 4 is 46.4 Å². The fraction of sp³-hybridized carbons (Fsp3) is 0.296. The third kappa shape index (κ3) is 5.00. The molecule has 0 aliphatic carbocycles. The van der Waals surface area contributed by atoms with Gasteiger partial charge in [-0.1, -0.05) is 6.07 Å². The van der Waals surface area contributed by atoms with Gasteiger partial charge in [0.05, 0.1) is 36.4 Å². The Morgan fingerprint density at radius 2 is 2.05 bits per heavy atom.